The third-order valence-electron chi connectivity index (χ3n) is 4.20. The summed E-state index contributed by atoms with van der Waals surface area (Å²) < 4.78 is 0. The van der Waals surface area contributed by atoms with Gasteiger partial charge in [0.05, 0.1) is 0 Å². The van der Waals surface area contributed by atoms with Crippen LogP contribution in [0.4, 0.5) is 0 Å². The molecule has 102 valence electrons. The van der Waals surface area contributed by atoms with E-state index in [1.54, 1.807) is 6.07 Å². The van der Waals surface area contributed by atoms with Gasteiger partial charge in [0.2, 0.25) is 0 Å². The number of piperidine rings is 1. The lowest BCUT2D eigenvalue weighted by Gasteiger charge is -2.32. The Morgan fingerprint density at radius 2 is 2.16 bits per heavy atom. The van der Waals surface area contributed by atoms with Crippen molar-refractivity contribution < 1.29 is 4.79 Å². The lowest BCUT2D eigenvalue weighted by Crippen LogP contribution is -2.39. The van der Waals surface area contributed by atoms with Crippen LogP contribution in [0.3, 0.4) is 0 Å². The summed E-state index contributed by atoms with van der Waals surface area (Å²) in [5.41, 5.74) is 0.769. The van der Waals surface area contributed by atoms with Gasteiger partial charge in [-0.3, -0.25) is 4.79 Å². The Bertz CT molecular complexity index is 470. The summed E-state index contributed by atoms with van der Waals surface area (Å²) in [6.45, 7) is 3.29. The molecule has 19 heavy (non-hydrogen) atoms. The molecule has 3 rings (SSSR count). The smallest absolute Gasteiger partial charge is 0.167 e. The third-order valence-corrected chi connectivity index (χ3v) is 4.43. The lowest BCUT2D eigenvalue weighted by atomic mass is 9.90. The van der Waals surface area contributed by atoms with Gasteiger partial charge in [-0.05, 0) is 50.3 Å². The van der Waals surface area contributed by atoms with Gasteiger partial charge >= 0.3 is 0 Å². The predicted octanol–water partition coefficient (Wildman–Crippen LogP) is 3.64. The zero-order valence-corrected chi connectivity index (χ0v) is 11.9. The first-order chi connectivity index (χ1) is 9.22. The highest BCUT2D eigenvalue weighted by molar-refractivity contribution is 6.31. The predicted molar refractivity (Wildman–Crippen MR) is 77.7 cm³/mol. The van der Waals surface area contributed by atoms with Crippen molar-refractivity contribution in [2.24, 2.45) is 11.8 Å². The van der Waals surface area contributed by atoms with E-state index in [2.05, 4.69) is 4.90 Å². The molecular weight excluding hydrogens is 258 g/mol. The molecule has 1 aromatic carbocycles. The summed E-state index contributed by atoms with van der Waals surface area (Å²) in [7, 11) is 0. The average Bonchev–Trinajstić information content (AvgIpc) is 3.22. The molecule has 1 unspecified atom stereocenters. The molecule has 2 aliphatic rings. The first-order valence-electron chi connectivity index (χ1n) is 7.24. The highest BCUT2D eigenvalue weighted by Gasteiger charge is 2.30. The van der Waals surface area contributed by atoms with Crippen LogP contribution in [0, 0.1) is 11.8 Å². The van der Waals surface area contributed by atoms with Gasteiger partial charge < -0.3 is 4.90 Å². The standard InChI is InChI=1S/C16H20ClNO/c17-15-5-1-3-13(9-15)16(19)14-4-2-8-18(11-14)10-12-6-7-12/h1,3,5,9,12,14H,2,4,6-8,10-11H2. The van der Waals surface area contributed by atoms with Crippen LogP contribution in [-0.4, -0.2) is 30.3 Å². The number of halogens is 1. The first-order valence-corrected chi connectivity index (χ1v) is 7.62. The maximum absolute atomic E-state index is 12.5. The largest absolute Gasteiger partial charge is 0.302 e. The SMILES string of the molecule is O=C(c1cccc(Cl)c1)C1CCCN(CC2CC2)C1. The van der Waals surface area contributed by atoms with E-state index in [1.807, 2.05) is 18.2 Å². The van der Waals surface area contributed by atoms with Crippen LogP contribution in [0.1, 0.15) is 36.0 Å². The van der Waals surface area contributed by atoms with E-state index in [9.17, 15) is 4.79 Å². The topological polar surface area (TPSA) is 20.3 Å². The molecule has 1 aromatic rings. The molecule has 1 heterocycles. The number of carbonyl (C=O) groups is 1. The zero-order valence-electron chi connectivity index (χ0n) is 11.1. The van der Waals surface area contributed by atoms with E-state index in [4.69, 9.17) is 11.6 Å². The maximum Gasteiger partial charge on any atom is 0.167 e. The Morgan fingerprint density at radius 3 is 2.89 bits per heavy atom. The lowest BCUT2D eigenvalue weighted by molar-refractivity contribution is 0.0814. The minimum atomic E-state index is 0.158. The monoisotopic (exact) mass is 277 g/mol. The number of carbonyl (C=O) groups excluding carboxylic acids is 1. The minimum absolute atomic E-state index is 0.158. The molecule has 1 saturated carbocycles. The number of hydrogen-bond donors (Lipinski definition) is 0. The van der Waals surface area contributed by atoms with Crippen molar-refractivity contribution in [3.05, 3.63) is 34.9 Å². The second-order valence-electron chi connectivity index (χ2n) is 5.92. The van der Waals surface area contributed by atoms with Gasteiger partial charge in [-0.15, -0.1) is 0 Å². The van der Waals surface area contributed by atoms with Crippen LogP contribution in [0.2, 0.25) is 5.02 Å². The van der Waals surface area contributed by atoms with E-state index >= 15 is 0 Å². The van der Waals surface area contributed by atoms with Crippen LogP contribution in [0.15, 0.2) is 24.3 Å². The molecule has 0 spiro atoms. The fourth-order valence-corrected chi connectivity index (χ4v) is 3.17. The molecule has 1 atom stereocenters. The Hall–Kier alpha value is -0.860. The van der Waals surface area contributed by atoms with Gasteiger partial charge in [-0.2, -0.15) is 0 Å². The molecule has 0 N–H and O–H groups in total. The van der Waals surface area contributed by atoms with Crippen molar-refractivity contribution in [2.45, 2.75) is 25.7 Å². The van der Waals surface area contributed by atoms with Crippen LogP contribution in [0.5, 0.6) is 0 Å². The molecule has 1 aliphatic heterocycles. The molecule has 0 amide bonds. The first kappa shape index (κ1) is 13.1. The van der Waals surface area contributed by atoms with Gasteiger partial charge in [-0.1, -0.05) is 23.7 Å². The van der Waals surface area contributed by atoms with Crippen LogP contribution in [0.25, 0.3) is 0 Å². The molecule has 2 fully saturated rings. The Kier molecular flexibility index (Phi) is 3.90. The zero-order chi connectivity index (χ0) is 13.2. The second-order valence-corrected chi connectivity index (χ2v) is 6.35. The van der Waals surface area contributed by atoms with Crippen molar-refractivity contribution >= 4 is 17.4 Å². The van der Waals surface area contributed by atoms with Crippen molar-refractivity contribution in [3.8, 4) is 0 Å². The van der Waals surface area contributed by atoms with Crippen LogP contribution in [-0.2, 0) is 0 Å². The van der Waals surface area contributed by atoms with E-state index in [0.29, 0.717) is 5.02 Å². The molecule has 1 saturated heterocycles. The summed E-state index contributed by atoms with van der Waals surface area (Å²) in [5.74, 6) is 1.33. The van der Waals surface area contributed by atoms with Gasteiger partial charge in [-0.25, -0.2) is 0 Å². The number of likely N-dealkylation sites (tertiary alicyclic amines) is 1. The highest BCUT2D eigenvalue weighted by Crippen LogP contribution is 2.31. The summed E-state index contributed by atoms with van der Waals surface area (Å²) >= 11 is 5.97. The number of Topliss-reactive ketones (excluding diaryl/α,β-unsaturated/α-hetero) is 1. The summed E-state index contributed by atoms with van der Waals surface area (Å²) in [4.78, 5) is 15.0. The van der Waals surface area contributed by atoms with Gasteiger partial charge in [0.15, 0.2) is 5.78 Å². The van der Waals surface area contributed by atoms with E-state index in [1.165, 1.54) is 19.4 Å². The number of nitrogens with zero attached hydrogens (tertiary/aromatic N) is 1. The number of hydrogen-bond acceptors (Lipinski definition) is 2. The fourth-order valence-electron chi connectivity index (χ4n) is 2.98. The van der Waals surface area contributed by atoms with E-state index in [-0.39, 0.29) is 11.7 Å². The van der Waals surface area contributed by atoms with Crippen molar-refractivity contribution in [3.63, 3.8) is 0 Å². The summed E-state index contributed by atoms with van der Waals surface area (Å²) in [5, 5.41) is 0.650. The average molecular weight is 278 g/mol. The van der Waals surface area contributed by atoms with E-state index < -0.39 is 0 Å². The van der Waals surface area contributed by atoms with Crippen molar-refractivity contribution in [1.29, 1.82) is 0 Å². The van der Waals surface area contributed by atoms with Crippen molar-refractivity contribution in [2.75, 3.05) is 19.6 Å². The molecule has 0 bridgehead atoms. The maximum atomic E-state index is 12.5. The highest BCUT2D eigenvalue weighted by atomic mass is 35.5. The minimum Gasteiger partial charge on any atom is -0.302 e. The van der Waals surface area contributed by atoms with Crippen LogP contribution < -0.4 is 0 Å². The van der Waals surface area contributed by atoms with Crippen molar-refractivity contribution in [1.82, 2.24) is 4.90 Å². The van der Waals surface area contributed by atoms with E-state index in [0.717, 1.165) is 37.4 Å². The molecular formula is C16H20ClNO. The van der Waals surface area contributed by atoms with Crippen LogP contribution >= 0.6 is 11.6 Å². The normalized spacial score (nSPS) is 24.4. The molecule has 2 nitrogen and oxygen atoms in total. The number of rotatable bonds is 4. The fraction of sp³-hybridized carbons (Fsp3) is 0.562. The molecule has 1 aliphatic carbocycles. The van der Waals surface area contributed by atoms with Gasteiger partial charge in [0.1, 0.15) is 0 Å². The molecule has 0 radical (unpaired) electrons. The Balaban J connectivity index is 1.65. The number of ketones is 1. The second kappa shape index (κ2) is 5.64. The third kappa shape index (κ3) is 3.37. The quantitative estimate of drug-likeness (QED) is 0.783. The Labute approximate surface area is 119 Å². The summed E-state index contributed by atoms with van der Waals surface area (Å²) in [6.07, 6.45) is 4.92. The number of benzene rings is 1. The summed E-state index contributed by atoms with van der Waals surface area (Å²) in [6, 6.07) is 7.36. The molecule has 0 aromatic heterocycles. The molecule has 3 heteroatoms. The van der Waals surface area contributed by atoms with Gasteiger partial charge in [0, 0.05) is 29.6 Å². The van der Waals surface area contributed by atoms with Gasteiger partial charge in [0.25, 0.3) is 0 Å². The Morgan fingerprint density at radius 1 is 1.32 bits per heavy atom.